The Labute approximate surface area is 243 Å². The summed E-state index contributed by atoms with van der Waals surface area (Å²) in [6.07, 6.45) is 1.87. The number of nitrogens with zero attached hydrogens (tertiary/aromatic N) is 4. The molecule has 41 heavy (non-hydrogen) atoms. The molecule has 4 aromatic rings. The summed E-state index contributed by atoms with van der Waals surface area (Å²) in [4.78, 5) is 36.0. The first-order valence-corrected chi connectivity index (χ1v) is 14.2. The highest BCUT2D eigenvalue weighted by Crippen LogP contribution is 2.27. The van der Waals surface area contributed by atoms with Gasteiger partial charge in [-0.15, -0.1) is 11.3 Å². The third-order valence-corrected chi connectivity index (χ3v) is 7.69. The molecule has 0 bridgehead atoms. The van der Waals surface area contributed by atoms with Crippen LogP contribution in [0, 0.1) is 0 Å². The summed E-state index contributed by atoms with van der Waals surface area (Å²) in [6.45, 7) is 3.94. The number of aromatic nitrogens is 2. The van der Waals surface area contributed by atoms with Crippen LogP contribution in [-0.2, 0) is 9.53 Å². The predicted molar refractivity (Wildman–Crippen MR) is 158 cm³/mol. The Kier molecular flexibility index (Phi) is 9.29. The van der Waals surface area contributed by atoms with E-state index in [4.69, 9.17) is 19.2 Å². The van der Waals surface area contributed by atoms with Crippen molar-refractivity contribution in [3.05, 3.63) is 77.1 Å². The summed E-state index contributed by atoms with van der Waals surface area (Å²) in [5, 5.41) is 4.81. The van der Waals surface area contributed by atoms with Gasteiger partial charge in [0.2, 0.25) is 11.9 Å². The van der Waals surface area contributed by atoms with E-state index >= 15 is 0 Å². The monoisotopic (exact) mass is 575 g/mol. The van der Waals surface area contributed by atoms with Gasteiger partial charge in [-0.2, -0.15) is 0 Å². The number of hydrogen-bond donors (Lipinski definition) is 1. The maximum absolute atomic E-state index is 13.4. The number of carbonyl (C=O) groups excluding carboxylic acids is 2. The van der Waals surface area contributed by atoms with Crippen LogP contribution in [0.15, 0.2) is 72.2 Å². The average molecular weight is 576 g/mol. The minimum atomic E-state index is -0.335. The number of thiophene rings is 1. The summed E-state index contributed by atoms with van der Waals surface area (Å²) in [7, 11) is 3.23. The molecule has 0 radical (unpaired) electrons. The first-order chi connectivity index (χ1) is 20.0. The van der Waals surface area contributed by atoms with Gasteiger partial charge in [0.1, 0.15) is 18.0 Å². The highest BCUT2D eigenvalue weighted by molar-refractivity contribution is 7.12. The van der Waals surface area contributed by atoms with Gasteiger partial charge < -0.3 is 19.1 Å². The van der Waals surface area contributed by atoms with Gasteiger partial charge in [0.05, 0.1) is 38.0 Å². The molecule has 2 aromatic carbocycles. The Morgan fingerprint density at radius 1 is 1.00 bits per heavy atom. The number of morpholine rings is 1. The molecular weight excluding hydrogens is 542 g/mol. The summed E-state index contributed by atoms with van der Waals surface area (Å²) in [5.41, 5.74) is 2.35. The van der Waals surface area contributed by atoms with Crippen molar-refractivity contribution < 1.29 is 23.8 Å². The molecule has 0 atom stereocenters. The maximum Gasteiger partial charge on any atom is 0.264 e. The Bertz CT molecular complexity index is 1430. The van der Waals surface area contributed by atoms with Crippen LogP contribution < -0.4 is 14.8 Å². The SMILES string of the molecule is COc1ccc(-c2cn(-c3ccc(OC)cc3)c(NC(=O)CN(CCN3CCOCC3)C(=O)c3cccs3)n2)cc1. The van der Waals surface area contributed by atoms with E-state index in [-0.39, 0.29) is 18.4 Å². The number of carbonyl (C=O) groups is 2. The fourth-order valence-electron chi connectivity index (χ4n) is 4.54. The van der Waals surface area contributed by atoms with Gasteiger partial charge in [-0.1, -0.05) is 6.07 Å². The molecule has 0 unspecified atom stereocenters. The largest absolute Gasteiger partial charge is 0.497 e. The highest BCUT2D eigenvalue weighted by Gasteiger charge is 2.23. The lowest BCUT2D eigenvalue weighted by atomic mass is 10.1. The van der Waals surface area contributed by atoms with Crippen molar-refractivity contribution in [3.8, 4) is 28.4 Å². The van der Waals surface area contributed by atoms with E-state index in [0.29, 0.717) is 42.8 Å². The molecule has 0 saturated carbocycles. The molecule has 1 aliphatic heterocycles. The Morgan fingerprint density at radius 2 is 1.68 bits per heavy atom. The Balaban J connectivity index is 1.38. The van der Waals surface area contributed by atoms with Crippen LogP contribution in [0.25, 0.3) is 16.9 Å². The number of amides is 2. The lowest BCUT2D eigenvalue weighted by Gasteiger charge is -2.29. The van der Waals surface area contributed by atoms with Crippen molar-refractivity contribution in [2.45, 2.75) is 0 Å². The molecule has 5 rings (SSSR count). The van der Waals surface area contributed by atoms with Crippen LogP contribution in [0.2, 0.25) is 0 Å². The van der Waals surface area contributed by atoms with Crippen molar-refractivity contribution in [2.75, 3.05) is 65.5 Å². The molecule has 0 aliphatic carbocycles. The van der Waals surface area contributed by atoms with E-state index in [2.05, 4.69) is 10.2 Å². The summed E-state index contributed by atoms with van der Waals surface area (Å²) >= 11 is 1.37. The normalized spacial score (nSPS) is 13.5. The van der Waals surface area contributed by atoms with E-state index in [0.717, 1.165) is 35.8 Å². The van der Waals surface area contributed by atoms with Crippen LogP contribution in [0.5, 0.6) is 11.5 Å². The number of anilines is 1. The topological polar surface area (TPSA) is 98.2 Å². The second kappa shape index (κ2) is 13.4. The van der Waals surface area contributed by atoms with Crippen molar-refractivity contribution in [3.63, 3.8) is 0 Å². The molecule has 11 heteroatoms. The van der Waals surface area contributed by atoms with Gasteiger partial charge in [-0.3, -0.25) is 24.4 Å². The van der Waals surface area contributed by atoms with Gasteiger partial charge >= 0.3 is 0 Å². The third kappa shape index (κ3) is 7.12. The standard InChI is InChI=1S/C30H33N5O5S/c1-38-24-9-5-22(6-10-24)26-20-35(23-7-11-25(39-2)12-8-23)30(31-26)32-28(36)21-34(29(37)27-4-3-19-41-27)14-13-33-15-17-40-18-16-33/h3-12,19-20H,13-18,21H2,1-2H3,(H,31,32,36). The molecule has 3 heterocycles. The lowest BCUT2D eigenvalue weighted by Crippen LogP contribution is -2.45. The second-order valence-electron chi connectivity index (χ2n) is 9.45. The molecule has 214 valence electrons. The number of nitrogens with one attached hydrogen (secondary N) is 1. The van der Waals surface area contributed by atoms with Gasteiger partial charge in [-0.25, -0.2) is 4.98 Å². The summed E-state index contributed by atoms with van der Waals surface area (Å²) < 4.78 is 17.8. The fourth-order valence-corrected chi connectivity index (χ4v) is 5.23. The second-order valence-corrected chi connectivity index (χ2v) is 10.4. The number of ether oxygens (including phenoxy) is 3. The zero-order chi connectivity index (χ0) is 28.6. The molecule has 10 nitrogen and oxygen atoms in total. The van der Waals surface area contributed by atoms with E-state index < -0.39 is 0 Å². The third-order valence-electron chi connectivity index (χ3n) is 6.84. The van der Waals surface area contributed by atoms with Crippen molar-refractivity contribution in [1.29, 1.82) is 0 Å². The first-order valence-electron chi connectivity index (χ1n) is 13.3. The number of rotatable bonds is 11. The smallest absolute Gasteiger partial charge is 0.264 e. The minimum Gasteiger partial charge on any atom is -0.497 e. The van der Waals surface area contributed by atoms with Crippen LogP contribution in [0.1, 0.15) is 9.67 Å². The Morgan fingerprint density at radius 3 is 2.32 bits per heavy atom. The van der Waals surface area contributed by atoms with E-state index in [1.54, 1.807) is 25.2 Å². The summed E-state index contributed by atoms with van der Waals surface area (Å²) in [6, 6.07) is 18.7. The summed E-state index contributed by atoms with van der Waals surface area (Å²) in [5.74, 6) is 1.31. The molecule has 1 N–H and O–H groups in total. The lowest BCUT2D eigenvalue weighted by molar-refractivity contribution is -0.117. The number of benzene rings is 2. The van der Waals surface area contributed by atoms with Crippen LogP contribution in [-0.4, -0.2) is 91.3 Å². The van der Waals surface area contributed by atoms with Crippen LogP contribution in [0.4, 0.5) is 5.95 Å². The minimum absolute atomic E-state index is 0.103. The number of hydrogen-bond acceptors (Lipinski definition) is 8. The van der Waals surface area contributed by atoms with Crippen LogP contribution >= 0.6 is 11.3 Å². The quantitative estimate of drug-likeness (QED) is 0.288. The van der Waals surface area contributed by atoms with Gasteiger partial charge in [0.15, 0.2) is 0 Å². The van der Waals surface area contributed by atoms with Crippen LogP contribution in [0.3, 0.4) is 0 Å². The van der Waals surface area contributed by atoms with Crippen molar-refractivity contribution in [1.82, 2.24) is 19.4 Å². The zero-order valence-electron chi connectivity index (χ0n) is 23.1. The maximum atomic E-state index is 13.4. The van der Waals surface area contributed by atoms with Crippen molar-refractivity contribution >= 4 is 29.1 Å². The highest BCUT2D eigenvalue weighted by atomic mass is 32.1. The molecule has 1 fully saturated rings. The number of methoxy groups -OCH3 is 2. The van der Waals surface area contributed by atoms with Crippen molar-refractivity contribution in [2.24, 2.45) is 0 Å². The molecule has 2 aromatic heterocycles. The van der Waals surface area contributed by atoms with Gasteiger partial charge in [-0.05, 0) is 60.0 Å². The Hall–Kier alpha value is -4.19. The molecular formula is C30H33N5O5S. The van der Waals surface area contributed by atoms with E-state index in [1.165, 1.54) is 11.3 Å². The van der Waals surface area contributed by atoms with Gasteiger partial charge in [0.25, 0.3) is 5.91 Å². The first kappa shape index (κ1) is 28.3. The molecule has 1 saturated heterocycles. The predicted octanol–water partition coefficient (Wildman–Crippen LogP) is 4.03. The zero-order valence-corrected chi connectivity index (χ0v) is 23.9. The van der Waals surface area contributed by atoms with E-state index in [9.17, 15) is 9.59 Å². The van der Waals surface area contributed by atoms with Gasteiger partial charge in [0, 0.05) is 43.6 Å². The molecule has 2 amide bonds. The van der Waals surface area contributed by atoms with E-state index in [1.807, 2.05) is 70.7 Å². The molecule has 1 aliphatic rings. The fraction of sp³-hybridized carbons (Fsp3) is 0.300. The molecule has 0 spiro atoms. The average Bonchev–Trinajstić information content (AvgIpc) is 3.70. The number of imidazole rings is 1.